The van der Waals surface area contributed by atoms with Crippen LogP contribution in [-0.4, -0.2) is 4.90 Å². The van der Waals surface area contributed by atoms with Crippen LogP contribution in [-0.2, 0) is 0 Å². The second-order valence-electron chi connectivity index (χ2n) is 2.50. The van der Waals surface area contributed by atoms with Crippen LogP contribution in [0.4, 0.5) is 0 Å². The summed E-state index contributed by atoms with van der Waals surface area (Å²) >= 11 is -0.244. The lowest BCUT2D eigenvalue weighted by Gasteiger charge is -2.23. The lowest BCUT2D eigenvalue weighted by molar-refractivity contribution is 0.596. The first-order valence-electron chi connectivity index (χ1n) is 4.10. The summed E-state index contributed by atoms with van der Waals surface area (Å²) in [5.41, 5.74) is 1.11. The third-order valence-corrected chi connectivity index (χ3v) is 3.62. The Balaban J connectivity index is 2.88. The van der Waals surface area contributed by atoms with E-state index >= 15 is 0 Å². The fourth-order valence-electron chi connectivity index (χ4n) is 0.914. The summed E-state index contributed by atoms with van der Waals surface area (Å²) in [6, 6.07) is 0. The molecule has 0 bridgehead atoms. The van der Waals surface area contributed by atoms with Crippen LogP contribution in [0.1, 0.15) is 13.3 Å². The highest BCUT2D eigenvalue weighted by Crippen LogP contribution is 2.29. The van der Waals surface area contributed by atoms with E-state index in [0.29, 0.717) is 0 Å². The summed E-state index contributed by atoms with van der Waals surface area (Å²) in [4.78, 5) is 2.11. The normalized spacial score (nSPS) is 18.5. The summed E-state index contributed by atoms with van der Waals surface area (Å²) in [5, 5.41) is 0. The molecule has 1 heterocycles. The van der Waals surface area contributed by atoms with E-state index in [0.717, 1.165) is 12.1 Å². The smallest absolute Gasteiger partial charge is 0.0968 e. The van der Waals surface area contributed by atoms with E-state index in [9.17, 15) is 0 Å². The molecule has 0 spiro atoms. The fourth-order valence-corrected chi connectivity index (χ4v) is 2.65. The summed E-state index contributed by atoms with van der Waals surface area (Å²) in [6.07, 6.45) is 8.60. The van der Waals surface area contributed by atoms with Gasteiger partial charge < -0.3 is 4.90 Å². The first-order valence-corrected chi connectivity index (χ1v) is 6.14. The van der Waals surface area contributed by atoms with Gasteiger partial charge in [0.05, 0.1) is 24.7 Å². The van der Waals surface area contributed by atoms with Crippen LogP contribution in [0, 0.1) is 0 Å². The van der Waals surface area contributed by atoms with E-state index in [4.69, 9.17) is 0 Å². The van der Waals surface area contributed by atoms with E-state index < -0.39 is 0 Å². The Hall–Kier alpha value is -0.710. The average Bonchev–Trinajstić information content (AvgIpc) is 2.18. The Morgan fingerprint density at radius 1 is 1.77 bits per heavy atom. The van der Waals surface area contributed by atoms with Crippen LogP contribution < -0.4 is 0 Å². The molecule has 0 aromatic rings. The van der Waals surface area contributed by atoms with Gasteiger partial charge in [0.15, 0.2) is 0 Å². The molecule has 0 amide bonds. The molecule has 1 aliphatic heterocycles. The monoisotopic (exact) mass is 288 g/mol. The van der Waals surface area contributed by atoms with Gasteiger partial charge in [0.1, 0.15) is 0 Å². The van der Waals surface area contributed by atoms with Crippen molar-refractivity contribution in [1.29, 1.82) is 0 Å². The molecule has 0 N–H and O–H groups in total. The van der Waals surface area contributed by atoms with E-state index in [1.54, 1.807) is 6.08 Å². The molecule has 0 aliphatic carbocycles. The van der Waals surface area contributed by atoms with Crippen molar-refractivity contribution in [3.63, 3.8) is 0 Å². The molecule has 0 saturated heterocycles. The molecule has 3 heteroatoms. The molecular formula is C10H13IN2. The maximum atomic E-state index is 4.27. The zero-order valence-electron chi connectivity index (χ0n) is 7.70. The highest BCUT2D eigenvalue weighted by Gasteiger charge is 2.09. The highest BCUT2D eigenvalue weighted by atomic mass is 127. The average molecular weight is 288 g/mol. The zero-order valence-corrected chi connectivity index (χ0v) is 9.86. The standard InChI is InChI=1S/C10H13IN2/c1-4-6-10-11-12-7-8-13(10)9(3)5-2/h4,6-8H,1,3,5H2,2H3/b10-6-. The van der Waals surface area contributed by atoms with Crippen molar-refractivity contribution >= 4 is 21.0 Å². The highest BCUT2D eigenvalue weighted by molar-refractivity contribution is 14.2. The Kier molecular flexibility index (Phi) is 4.08. The number of halogens is 1. The van der Waals surface area contributed by atoms with Gasteiger partial charge in [-0.15, -0.1) is 0 Å². The molecule has 0 aromatic carbocycles. The quantitative estimate of drug-likeness (QED) is 0.568. The zero-order chi connectivity index (χ0) is 9.68. The predicted octanol–water partition coefficient (Wildman–Crippen LogP) is 3.88. The summed E-state index contributed by atoms with van der Waals surface area (Å²) in [5.74, 6) is 0. The molecule has 0 saturated carbocycles. The molecule has 0 fully saturated rings. The van der Waals surface area contributed by atoms with Gasteiger partial charge in [-0.05, 0) is 12.5 Å². The maximum Gasteiger partial charge on any atom is 0.0968 e. The summed E-state index contributed by atoms with van der Waals surface area (Å²) < 4.78 is 5.51. The predicted molar refractivity (Wildman–Crippen MR) is 65.1 cm³/mol. The molecule has 0 atom stereocenters. The van der Waals surface area contributed by atoms with Crippen molar-refractivity contribution in [2.45, 2.75) is 13.3 Å². The van der Waals surface area contributed by atoms with Crippen molar-refractivity contribution in [1.82, 2.24) is 4.90 Å². The van der Waals surface area contributed by atoms with Gasteiger partial charge in [-0.2, -0.15) is 0 Å². The molecule has 1 aliphatic rings. The van der Waals surface area contributed by atoms with Crippen LogP contribution in [0.3, 0.4) is 0 Å². The van der Waals surface area contributed by atoms with Gasteiger partial charge in [-0.25, -0.2) is 3.15 Å². The third kappa shape index (κ3) is 2.62. The molecule has 70 valence electrons. The second-order valence-corrected chi connectivity index (χ2v) is 4.64. The first-order chi connectivity index (χ1) is 6.29. The molecule has 0 radical (unpaired) electrons. The minimum atomic E-state index is -0.244. The Morgan fingerprint density at radius 3 is 3.15 bits per heavy atom. The van der Waals surface area contributed by atoms with Crippen LogP contribution in [0.15, 0.2) is 50.3 Å². The van der Waals surface area contributed by atoms with Gasteiger partial charge in [0.25, 0.3) is 0 Å². The minimum absolute atomic E-state index is 0.244. The second kappa shape index (κ2) is 5.11. The van der Waals surface area contributed by atoms with Gasteiger partial charge in [-0.3, -0.25) is 0 Å². The van der Waals surface area contributed by atoms with Crippen molar-refractivity contribution in [2.75, 3.05) is 0 Å². The van der Waals surface area contributed by atoms with Crippen LogP contribution in [0.5, 0.6) is 0 Å². The van der Waals surface area contributed by atoms with E-state index in [1.807, 2.05) is 18.5 Å². The molecule has 0 unspecified atom stereocenters. The van der Waals surface area contributed by atoms with Gasteiger partial charge >= 0.3 is 0 Å². The lowest BCUT2D eigenvalue weighted by atomic mass is 10.3. The topological polar surface area (TPSA) is 15.6 Å². The molecule has 2 nitrogen and oxygen atoms in total. The van der Waals surface area contributed by atoms with Crippen molar-refractivity contribution < 1.29 is 0 Å². The molecular weight excluding hydrogens is 275 g/mol. The fraction of sp³-hybridized carbons (Fsp3) is 0.200. The number of hydrogen-bond acceptors (Lipinski definition) is 2. The SMILES string of the molecule is C=C/C=C1/I=NC=CN1C(=C)CC. The van der Waals surface area contributed by atoms with E-state index in [2.05, 4.69) is 28.1 Å². The first kappa shape index (κ1) is 10.4. The maximum absolute atomic E-state index is 4.27. The lowest BCUT2D eigenvalue weighted by Crippen LogP contribution is -2.12. The van der Waals surface area contributed by atoms with Gasteiger partial charge in [-0.1, -0.05) is 26.2 Å². The number of hydrogen-bond donors (Lipinski definition) is 0. The van der Waals surface area contributed by atoms with Crippen molar-refractivity contribution in [3.05, 3.63) is 47.1 Å². The van der Waals surface area contributed by atoms with E-state index in [-0.39, 0.29) is 21.0 Å². The summed E-state index contributed by atoms with van der Waals surface area (Å²) in [7, 11) is 0. The molecule has 0 aromatic heterocycles. The Bertz CT molecular complexity index is 300. The van der Waals surface area contributed by atoms with Crippen molar-refractivity contribution in [3.8, 4) is 0 Å². The van der Waals surface area contributed by atoms with Crippen LogP contribution >= 0.6 is 21.0 Å². The minimum Gasteiger partial charge on any atom is -0.314 e. The molecule has 1 rings (SSSR count). The summed E-state index contributed by atoms with van der Waals surface area (Å²) in [6.45, 7) is 9.80. The number of allylic oxidation sites excluding steroid dienone is 3. The van der Waals surface area contributed by atoms with Crippen LogP contribution in [0.25, 0.3) is 0 Å². The Labute approximate surface area is 89.5 Å². The number of rotatable bonds is 3. The van der Waals surface area contributed by atoms with Gasteiger partial charge in [0.2, 0.25) is 0 Å². The molecule has 13 heavy (non-hydrogen) atoms. The van der Waals surface area contributed by atoms with E-state index in [1.165, 1.54) is 3.70 Å². The van der Waals surface area contributed by atoms with Gasteiger partial charge in [0, 0.05) is 18.1 Å². The largest absolute Gasteiger partial charge is 0.314 e. The number of nitrogens with zero attached hydrogens (tertiary/aromatic N) is 2. The third-order valence-electron chi connectivity index (χ3n) is 1.64. The Morgan fingerprint density at radius 2 is 2.54 bits per heavy atom. The van der Waals surface area contributed by atoms with Crippen LogP contribution in [0.2, 0.25) is 0 Å². The van der Waals surface area contributed by atoms with Crippen molar-refractivity contribution in [2.24, 2.45) is 3.15 Å².